The Labute approximate surface area is 190 Å². The Morgan fingerprint density at radius 2 is 1.73 bits per heavy atom. The first-order valence-corrected chi connectivity index (χ1v) is 10.5. The number of methoxy groups -OCH3 is 3. The lowest BCUT2D eigenvalue weighted by Crippen LogP contribution is -2.44. The first-order chi connectivity index (χ1) is 15.8. The molecule has 0 saturated carbocycles. The summed E-state index contributed by atoms with van der Waals surface area (Å²) in [6.45, 7) is 2.52. The number of fused-ring (bicyclic) bond motifs is 1. The molecule has 1 fully saturated rings. The second kappa shape index (κ2) is 8.61. The molecule has 3 aromatic rings. The SMILES string of the molecule is COc1cc(-c2cnc3[nH]cc(C(=O)C4(C)CCN(C(=O)O)CC4)c3n2)cc(OC)c1OC. The van der Waals surface area contributed by atoms with Crippen LogP contribution >= 0.6 is 0 Å². The maximum absolute atomic E-state index is 13.5. The number of Topliss-reactive ketones (excluding diaryl/α,β-unsaturated/α-hetero) is 1. The van der Waals surface area contributed by atoms with E-state index < -0.39 is 11.5 Å². The van der Waals surface area contributed by atoms with Crippen molar-refractivity contribution in [3.63, 3.8) is 0 Å². The van der Waals surface area contributed by atoms with Crippen molar-refractivity contribution in [3.05, 3.63) is 30.1 Å². The zero-order valence-electron chi connectivity index (χ0n) is 19.0. The van der Waals surface area contributed by atoms with Crippen molar-refractivity contribution in [1.82, 2.24) is 19.9 Å². The fraction of sp³-hybridized carbons (Fsp3) is 0.391. The van der Waals surface area contributed by atoms with Gasteiger partial charge < -0.3 is 29.2 Å². The molecule has 33 heavy (non-hydrogen) atoms. The Morgan fingerprint density at radius 1 is 1.09 bits per heavy atom. The van der Waals surface area contributed by atoms with Crippen LogP contribution in [-0.4, -0.2) is 71.3 Å². The lowest BCUT2D eigenvalue weighted by Gasteiger charge is -2.36. The molecule has 4 rings (SSSR count). The maximum Gasteiger partial charge on any atom is 0.407 e. The number of carbonyl (C=O) groups is 2. The van der Waals surface area contributed by atoms with Crippen molar-refractivity contribution in [2.45, 2.75) is 19.8 Å². The Morgan fingerprint density at radius 3 is 2.27 bits per heavy atom. The third-order valence-electron chi connectivity index (χ3n) is 6.27. The highest BCUT2D eigenvalue weighted by atomic mass is 16.5. The summed E-state index contributed by atoms with van der Waals surface area (Å²) in [6, 6.07) is 3.54. The van der Waals surface area contributed by atoms with Gasteiger partial charge in [0.2, 0.25) is 5.75 Å². The highest BCUT2D eigenvalue weighted by Gasteiger charge is 2.39. The van der Waals surface area contributed by atoms with Crippen LogP contribution in [0.25, 0.3) is 22.4 Å². The summed E-state index contributed by atoms with van der Waals surface area (Å²) in [5.74, 6) is 1.36. The number of rotatable bonds is 6. The zero-order chi connectivity index (χ0) is 23.8. The van der Waals surface area contributed by atoms with Crippen LogP contribution in [0.4, 0.5) is 4.79 Å². The molecule has 174 valence electrons. The predicted octanol–water partition coefficient (Wildman–Crippen LogP) is 3.61. The van der Waals surface area contributed by atoms with Gasteiger partial charge >= 0.3 is 6.09 Å². The number of ketones is 1. The van der Waals surface area contributed by atoms with Gasteiger partial charge in [0.25, 0.3) is 0 Å². The minimum atomic E-state index is -0.961. The number of carboxylic acid groups (broad SMARTS) is 1. The molecule has 1 amide bonds. The fourth-order valence-electron chi connectivity index (χ4n) is 4.18. The van der Waals surface area contributed by atoms with E-state index in [4.69, 9.17) is 19.2 Å². The van der Waals surface area contributed by atoms with Crippen LogP contribution in [0.1, 0.15) is 30.1 Å². The minimum absolute atomic E-state index is 0.0740. The van der Waals surface area contributed by atoms with Crippen LogP contribution < -0.4 is 14.2 Å². The number of benzene rings is 1. The van der Waals surface area contributed by atoms with Crippen LogP contribution in [0.3, 0.4) is 0 Å². The molecule has 2 aromatic heterocycles. The van der Waals surface area contributed by atoms with E-state index >= 15 is 0 Å². The van der Waals surface area contributed by atoms with E-state index in [1.165, 1.54) is 26.2 Å². The molecule has 1 aliphatic heterocycles. The van der Waals surface area contributed by atoms with Gasteiger partial charge in [-0.15, -0.1) is 0 Å². The standard InChI is InChI=1S/C23H26N4O6/c1-23(5-7-27(8-6-23)22(29)30)20(28)14-11-24-21-18(14)26-15(12-25-21)13-9-16(31-2)19(33-4)17(10-13)32-3/h9-12H,5-8H2,1-4H3,(H,24,25)(H,29,30). The predicted molar refractivity (Wildman–Crippen MR) is 120 cm³/mol. The number of carbonyl (C=O) groups excluding carboxylic acids is 1. The molecular weight excluding hydrogens is 428 g/mol. The molecule has 3 heterocycles. The van der Waals surface area contributed by atoms with Crippen molar-refractivity contribution in [2.24, 2.45) is 5.41 Å². The monoisotopic (exact) mass is 454 g/mol. The van der Waals surface area contributed by atoms with Crippen molar-refractivity contribution in [2.75, 3.05) is 34.4 Å². The number of nitrogens with one attached hydrogen (secondary N) is 1. The van der Waals surface area contributed by atoms with Gasteiger partial charge in [0, 0.05) is 30.3 Å². The average molecular weight is 454 g/mol. The normalized spacial score (nSPS) is 15.3. The summed E-state index contributed by atoms with van der Waals surface area (Å²) < 4.78 is 16.3. The van der Waals surface area contributed by atoms with Gasteiger partial charge in [-0.2, -0.15) is 0 Å². The summed E-state index contributed by atoms with van der Waals surface area (Å²) >= 11 is 0. The number of amides is 1. The summed E-state index contributed by atoms with van der Waals surface area (Å²) in [6.07, 6.45) is 3.18. The van der Waals surface area contributed by atoms with E-state index in [1.807, 2.05) is 6.92 Å². The molecule has 1 aromatic carbocycles. The van der Waals surface area contributed by atoms with E-state index in [-0.39, 0.29) is 5.78 Å². The summed E-state index contributed by atoms with van der Waals surface area (Å²) in [4.78, 5) is 38.3. The summed E-state index contributed by atoms with van der Waals surface area (Å²) in [7, 11) is 4.61. The molecule has 0 atom stereocenters. The minimum Gasteiger partial charge on any atom is -0.493 e. The molecule has 10 heteroatoms. The summed E-state index contributed by atoms with van der Waals surface area (Å²) in [5.41, 5.74) is 1.97. The molecule has 2 N–H and O–H groups in total. The first kappa shape index (κ1) is 22.4. The molecule has 0 radical (unpaired) electrons. The highest BCUT2D eigenvalue weighted by molar-refractivity contribution is 6.09. The largest absolute Gasteiger partial charge is 0.493 e. The number of likely N-dealkylation sites (tertiary alicyclic amines) is 1. The summed E-state index contributed by atoms with van der Waals surface area (Å²) in [5, 5.41) is 9.21. The van der Waals surface area contributed by atoms with E-state index in [9.17, 15) is 14.7 Å². The number of aromatic nitrogens is 3. The first-order valence-electron chi connectivity index (χ1n) is 10.5. The number of hydrogen-bond donors (Lipinski definition) is 2. The Hall–Kier alpha value is -3.82. The molecular formula is C23H26N4O6. The van der Waals surface area contributed by atoms with Gasteiger partial charge in [-0.25, -0.2) is 14.8 Å². The van der Waals surface area contributed by atoms with Crippen LogP contribution in [0, 0.1) is 5.41 Å². The second-order valence-corrected chi connectivity index (χ2v) is 8.23. The van der Waals surface area contributed by atoms with Crippen LogP contribution in [0.2, 0.25) is 0 Å². The highest BCUT2D eigenvalue weighted by Crippen LogP contribution is 2.41. The zero-order valence-corrected chi connectivity index (χ0v) is 19.0. The Balaban J connectivity index is 1.72. The van der Waals surface area contributed by atoms with E-state index in [0.29, 0.717) is 71.2 Å². The van der Waals surface area contributed by atoms with Gasteiger partial charge in [0.15, 0.2) is 22.9 Å². The van der Waals surface area contributed by atoms with Gasteiger partial charge in [-0.3, -0.25) is 4.79 Å². The smallest absolute Gasteiger partial charge is 0.407 e. The van der Waals surface area contributed by atoms with Crippen molar-refractivity contribution < 1.29 is 28.9 Å². The van der Waals surface area contributed by atoms with E-state index in [2.05, 4.69) is 9.97 Å². The third-order valence-corrected chi connectivity index (χ3v) is 6.27. The molecule has 0 bridgehead atoms. The molecule has 1 aliphatic rings. The van der Waals surface area contributed by atoms with Crippen molar-refractivity contribution in [3.8, 4) is 28.5 Å². The Kier molecular flexibility index (Phi) is 5.84. The van der Waals surface area contributed by atoms with E-state index in [1.54, 1.807) is 24.5 Å². The van der Waals surface area contributed by atoms with E-state index in [0.717, 1.165) is 0 Å². The molecule has 10 nitrogen and oxygen atoms in total. The molecule has 0 aliphatic carbocycles. The molecule has 1 saturated heterocycles. The number of piperidine rings is 1. The number of hydrogen-bond acceptors (Lipinski definition) is 7. The lowest BCUT2D eigenvalue weighted by atomic mass is 9.75. The van der Waals surface area contributed by atoms with Gasteiger partial charge in [-0.1, -0.05) is 6.92 Å². The second-order valence-electron chi connectivity index (χ2n) is 8.23. The third kappa shape index (κ3) is 3.92. The topological polar surface area (TPSA) is 127 Å². The van der Waals surface area contributed by atoms with Crippen LogP contribution in [-0.2, 0) is 0 Å². The van der Waals surface area contributed by atoms with Crippen molar-refractivity contribution in [1.29, 1.82) is 0 Å². The number of aromatic amines is 1. The van der Waals surface area contributed by atoms with Crippen LogP contribution in [0.5, 0.6) is 17.2 Å². The average Bonchev–Trinajstić information content (AvgIpc) is 3.25. The quantitative estimate of drug-likeness (QED) is 0.541. The van der Waals surface area contributed by atoms with Gasteiger partial charge in [-0.05, 0) is 25.0 Å². The van der Waals surface area contributed by atoms with Crippen molar-refractivity contribution >= 4 is 23.0 Å². The van der Waals surface area contributed by atoms with Gasteiger partial charge in [0.1, 0.15) is 5.52 Å². The number of H-pyrrole nitrogens is 1. The van der Waals surface area contributed by atoms with Gasteiger partial charge in [0.05, 0.1) is 38.8 Å². The van der Waals surface area contributed by atoms with Crippen LogP contribution in [0.15, 0.2) is 24.5 Å². The molecule has 0 unspecified atom stereocenters. The lowest BCUT2D eigenvalue weighted by molar-refractivity contribution is 0.0633. The number of ether oxygens (including phenoxy) is 3. The Bertz CT molecular complexity index is 1190. The maximum atomic E-state index is 13.5. The number of nitrogens with zero attached hydrogens (tertiary/aromatic N) is 3. The molecule has 0 spiro atoms. The fourth-order valence-corrected chi connectivity index (χ4v) is 4.18.